The highest BCUT2D eigenvalue weighted by Crippen LogP contribution is 2.36. The van der Waals surface area contributed by atoms with Gasteiger partial charge in [0.1, 0.15) is 12.1 Å². The summed E-state index contributed by atoms with van der Waals surface area (Å²) in [4.78, 5) is 38.1. The van der Waals surface area contributed by atoms with Crippen LogP contribution in [-0.2, 0) is 14.3 Å². The summed E-state index contributed by atoms with van der Waals surface area (Å²) in [5, 5.41) is 5.66. The molecule has 3 aliphatic rings. The minimum atomic E-state index is -0.777. The first-order chi connectivity index (χ1) is 11.5. The summed E-state index contributed by atoms with van der Waals surface area (Å²) in [6.45, 7) is 3.94. The molecule has 1 saturated carbocycles. The maximum Gasteiger partial charge on any atom is 0.325 e. The number of nitrogens with one attached hydrogen (secondary N) is 2. The first-order valence-electron chi connectivity index (χ1n) is 8.99. The Bertz CT molecular complexity index is 508. The molecule has 0 radical (unpaired) electrons. The lowest BCUT2D eigenvalue weighted by molar-refractivity contribution is -0.136. The van der Waals surface area contributed by atoms with Crippen LogP contribution in [0.15, 0.2) is 0 Å². The molecule has 134 valence electrons. The molecule has 1 spiro atoms. The van der Waals surface area contributed by atoms with Crippen LogP contribution in [0.2, 0.25) is 0 Å². The van der Waals surface area contributed by atoms with Crippen molar-refractivity contribution in [1.82, 2.24) is 15.5 Å². The van der Waals surface area contributed by atoms with Gasteiger partial charge in [0.2, 0.25) is 5.91 Å². The standard InChI is InChI=1S/C17H27N3O4/c1-12-4-6-17(7-5-12)15(22)20(16(23)19-17)10-14(21)18-9-13-3-2-8-24-11-13/h12-13H,2-11H2,1H3,(H,18,21)(H,19,23). The highest BCUT2D eigenvalue weighted by molar-refractivity contribution is 6.09. The third-order valence-electron chi connectivity index (χ3n) is 5.52. The summed E-state index contributed by atoms with van der Waals surface area (Å²) < 4.78 is 5.39. The van der Waals surface area contributed by atoms with Crippen LogP contribution in [0.5, 0.6) is 0 Å². The molecule has 1 aliphatic carbocycles. The lowest BCUT2D eigenvalue weighted by Crippen LogP contribution is -2.50. The van der Waals surface area contributed by atoms with Gasteiger partial charge in [-0.15, -0.1) is 0 Å². The van der Waals surface area contributed by atoms with Gasteiger partial charge in [0, 0.05) is 13.2 Å². The topological polar surface area (TPSA) is 87.7 Å². The van der Waals surface area contributed by atoms with Crippen molar-refractivity contribution < 1.29 is 19.1 Å². The van der Waals surface area contributed by atoms with Gasteiger partial charge >= 0.3 is 6.03 Å². The monoisotopic (exact) mass is 337 g/mol. The molecule has 0 bridgehead atoms. The van der Waals surface area contributed by atoms with Crippen molar-refractivity contribution in [3.05, 3.63) is 0 Å². The second-order valence-corrected chi connectivity index (χ2v) is 7.47. The Balaban J connectivity index is 1.51. The molecule has 4 amide bonds. The van der Waals surface area contributed by atoms with Gasteiger partial charge < -0.3 is 15.4 Å². The highest BCUT2D eigenvalue weighted by atomic mass is 16.5. The van der Waals surface area contributed by atoms with E-state index in [1.54, 1.807) is 0 Å². The van der Waals surface area contributed by atoms with Gasteiger partial charge in [-0.05, 0) is 50.4 Å². The largest absolute Gasteiger partial charge is 0.381 e. The van der Waals surface area contributed by atoms with Crippen LogP contribution >= 0.6 is 0 Å². The SMILES string of the molecule is CC1CCC2(CC1)NC(=O)N(CC(=O)NCC1CCCOC1)C2=O. The molecule has 2 N–H and O–H groups in total. The normalized spacial score (nSPS) is 33.6. The van der Waals surface area contributed by atoms with Crippen LogP contribution in [0.4, 0.5) is 4.79 Å². The Morgan fingerprint density at radius 3 is 2.75 bits per heavy atom. The Labute approximate surface area is 142 Å². The first-order valence-corrected chi connectivity index (χ1v) is 8.99. The van der Waals surface area contributed by atoms with E-state index in [2.05, 4.69) is 17.6 Å². The van der Waals surface area contributed by atoms with Crippen molar-refractivity contribution in [2.24, 2.45) is 11.8 Å². The zero-order valence-corrected chi connectivity index (χ0v) is 14.3. The van der Waals surface area contributed by atoms with E-state index in [9.17, 15) is 14.4 Å². The van der Waals surface area contributed by atoms with Crippen molar-refractivity contribution in [2.45, 2.75) is 51.0 Å². The van der Waals surface area contributed by atoms with Gasteiger partial charge in [0.05, 0.1) is 6.61 Å². The number of rotatable bonds is 4. The fourth-order valence-electron chi connectivity index (χ4n) is 3.84. The lowest BCUT2D eigenvalue weighted by Gasteiger charge is -2.33. The molecule has 3 rings (SSSR count). The number of carbonyl (C=O) groups excluding carboxylic acids is 3. The molecule has 1 unspecified atom stereocenters. The summed E-state index contributed by atoms with van der Waals surface area (Å²) in [7, 11) is 0. The van der Waals surface area contributed by atoms with Crippen molar-refractivity contribution in [2.75, 3.05) is 26.3 Å². The molecular formula is C17H27N3O4. The van der Waals surface area contributed by atoms with E-state index in [0.717, 1.165) is 37.2 Å². The number of hydrogen-bond acceptors (Lipinski definition) is 4. The predicted molar refractivity (Wildman–Crippen MR) is 87.2 cm³/mol. The van der Waals surface area contributed by atoms with Crippen LogP contribution in [0.3, 0.4) is 0 Å². The quantitative estimate of drug-likeness (QED) is 0.750. The molecule has 1 atom stereocenters. The second kappa shape index (κ2) is 7.09. The zero-order chi connectivity index (χ0) is 17.2. The molecule has 24 heavy (non-hydrogen) atoms. The average molecular weight is 337 g/mol. The number of ether oxygens (including phenoxy) is 1. The van der Waals surface area contributed by atoms with Crippen LogP contribution < -0.4 is 10.6 Å². The molecule has 7 heteroatoms. The fraction of sp³-hybridized carbons (Fsp3) is 0.824. The van der Waals surface area contributed by atoms with Gasteiger partial charge in [0.15, 0.2) is 0 Å². The highest BCUT2D eigenvalue weighted by Gasteiger charge is 2.52. The van der Waals surface area contributed by atoms with Crippen LogP contribution in [0.25, 0.3) is 0 Å². The number of nitrogens with zero attached hydrogens (tertiary/aromatic N) is 1. The Kier molecular flexibility index (Phi) is 5.08. The van der Waals surface area contributed by atoms with Crippen LogP contribution in [-0.4, -0.2) is 54.6 Å². The first kappa shape index (κ1) is 17.2. The molecule has 7 nitrogen and oxygen atoms in total. The van der Waals surface area contributed by atoms with E-state index < -0.39 is 11.6 Å². The smallest absolute Gasteiger partial charge is 0.325 e. The molecule has 2 aliphatic heterocycles. The maximum absolute atomic E-state index is 12.7. The van der Waals surface area contributed by atoms with Crippen molar-refractivity contribution in [3.63, 3.8) is 0 Å². The summed E-state index contributed by atoms with van der Waals surface area (Å²) in [5.74, 6) is 0.369. The minimum absolute atomic E-state index is 0.199. The van der Waals surface area contributed by atoms with E-state index in [-0.39, 0.29) is 18.4 Å². The van der Waals surface area contributed by atoms with Gasteiger partial charge in [-0.3, -0.25) is 14.5 Å². The number of amides is 4. The zero-order valence-electron chi connectivity index (χ0n) is 14.3. The van der Waals surface area contributed by atoms with Crippen LogP contribution in [0, 0.1) is 11.8 Å². The number of urea groups is 1. The van der Waals surface area contributed by atoms with Gasteiger partial charge in [-0.25, -0.2) is 4.79 Å². The molecule has 2 saturated heterocycles. The van der Waals surface area contributed by atoms with E-state index in [4.69, 9.17) is 4.74 Å². The van der Waals surface area contributed by atoms with Gasteiger partial charge in [-0.2, -0.15) is 0 Å². The summed E-state index contributed by atoms with van der Waals surface area (Å²) in [5.41, 5.74) is -0.777. The molecular weight excluding hydrogens is 310 g/mol. The Morgan fingerprint density at radius 1 is 1.33 bits per heavy atom. The van der Waals surface area contributed by atoms with Crippen molar-refractivity contribution >= 4 is 17.8 Å². The summed E-state index contributed by atoms with van der Waals surface area (Å²) in [6, 6.07) is -0.439. The maximum atomic E-state index is 12.7. The van der Waals surface area contributed by atoms with Gasteiger partial charge in [-0.1, -0.05) is 6.92 Å². The molecule has 2 heterocycles. The Hall–Kier alpha value is -1.63. The number of carbonyl (C=O) groups is 3. The predicted octanol–water partition coefficient (Wildman–Crippen LogP) is 1.03. The van der Waals surface area contributed by atoms with E-state index in [1.807, 2.05) is 0 Å². The molecule has 0 aromatic carbocycles. The van der Waals surface area contributed by atoms with Gasteiger partial charge in [0.25, 0.3) is 5.91 Å². The number of hydrogen-bond donors (Lipinski definition) is 2. The molecule has 0 aromatic rings. The Morgan fingerprint density at radius 2 is 2.08 bits per heavy atom. The minimum Gasteiger partial charge on any atom is -0.381 e. The average Bonchev–Trinajstić information content (AvgIpc) is 2.81. The van der Waals surface area contributed by atoms with E-state index >= 15 is 0 Å². The van der Waals surface area contributed by atoms with Crippen LogP contribution in [0.1, 0.15) is 45.4 Å². The third kappa shape index (κ3) is 3.55. The summed E-state index contributed by atoms with van der Waals surface area (Å²) in [6.07, 6.45) is 5.22. The fourth-order valence-corrected chi connectivity index (χ4v) is 3.84. The van der Waals surface area contributed by atoms with E-state index in [1.165, 1.54) is 0 Å². The number of imide groups is 1. The molecule has 3 fully saturated rings. The van der Waals surface area contributed by atoms with E-state index in [0.29, 0.717) is 37.8 Å². The third-order valence-corrected chi connectivity index (χ3v) is 5.52. The lowest BCUT2D eigenvalue weighted by atomic mass is 9.77. The van der Waals surface area contributed by atoms with Crippen molar-refractivity contribution in [3.8, 4) is 0 Å². The molecule has 0 aromatic heterocycles. The summed E-state index contributed by atoms with van der Waals surface area (Å²) >= 11 is 0. The van der Waals surface area contributed by atoms with Crippen molar-refractivity contribution in [1.29, 1.82) is 0 Å². The second-order valence-electron chi connectivity index (χ2n) is 7.47.